The second-order valence-corrected chi connectivity index (χ2v) is 7.26. The molecule has 28 heavy (non-hydrogen) atoms. The van der Waals surface area contributed by atoms with Crippen molar-refractivity contribution < 1.29 is 13.6 Å². The molecule has 1 aromatic carbocycles. The number of aromatic nitrogens is 4. The zero-order valence-corrected chi connectivity index (χ0v) is 15.6. The molecule has 0 spiro atoms. The normalized spacial score (nSPS) is 13.9. The van der Waals surface area contributed by atoms with Crippen molar-refractivity contribution in [3.05, 3.63) is 64.7 Å². The number of hydrogen-bond donors (Lipinski definition) is 1. The molecule has 1 aliphatic rings. The average Bonchev–Trinajstić information content (AvgIpc) is 3.28. The van der Waals surface area contributed by atoms with E-state index < -0.39 is 12.3 Å². The molecule has 1 fully saturated rings. The number of hydrogen-bond acceptors (Lipinski definition) is 3. The minimum Gasteiger partial charge on any atom is -0.322 e. The van der Waals surface area contributed by atoms with Crippen molar-refractivity contribution in [1.29, 1.82) is 0 Å². The molecule has 0 atom stereocenters. The molecule has 1 N–H and O–H groups in total. The summed E-state index contributed by atoms with van der Waals surface area (Å²) in [5, 5.41) is 11.7. The summed E-state index contributed by atoms with van der Waals surface area (Å²) in [4.78, 5) is 12.3. The summed E-state index contributed by atoms with van der Waals surface area (Å²) in [5.41, 5.74) is 1.91. The minimum absolute atomic E-state index is 0.226. The molecule has 3 aromatic rings. The van der Waals surface area contributed by atoms with E-state index in [-0.39, 0.29) is 18.2 Å². The molecule has 0 saturated heterocycles. The first-order valence-corrected chi connectivity index (χ1v) is 9.28. The number of anilines is 1. The van der Waals surface area contributed by atoms with Gasteiger partial charge in [-0.2, -0.15) is 10.2 Å². The molecule has 1 amide bonds. The highest BCUT2D eigenvalue weighted by Crippen LogP contribution is 2.40. The van der Waals surface area contributed by atoms with E-state index in [1.54, 1.807) is 23.0 Å². The molecule has 0 radical (unpaired) electrons. The number of halogens is 3. The Balaban J connectivity index is 1.39. The number of benzene rings is 1. The Morgan fingerprint density at radius 2 is 2.04 bits per heavy atom. The number of nitrogens with one attached hydrogen (secondary N) is 1. The van der Waals surface area contributed by atoms with Gasteiger partial charge in [0, 0.05) is 17.1 Å². The van der Waals surface area contributed by atoms with Crippen molar-refractivity contribution in [2.45, 2.75) is 38.3 Å². The number of alkyl halides is 2. The molecule has 1 aliphatic carbocycles. The van der Waals surface area contributed by atoms with E-state index in [0.717, 1.165) is 23.1 Å². The number of carbonyl (C=O) groups excluding carboxylic acids is 1. The second kappa shape index (κ2) is 7.71. The average molecular weight is 406 g/mol. The van der Waals surface area contributed by atoms with Gasteiger partial charge < -0.3 is 5.32 Å². The largest absolute Gasteiger partial charge is 0.322 e. The van der Waals surface area contributed by atoms with Crippen LogP contribution in [-0.2, 0) is 17.9 Å². The van der Waals surface area contributed by atoms with Gasteiger partial charge in [0.25, 0.3) is 6.43 Å². The summed E-state index contributed by atoms with van der Waals surface area (Å²) in [7, 11) is 0. The quantitative estimate of drug-likeness (QED) is 0.639. The third-order valence-corrected chi connectivity index (χ3v) is 4.77. The van der Waals surface area contributed by atoms with E-state index in [1.807, 2.05) is 12.1 Å². The first kappa shape index (κ1) is 18.6. The first-order valence-electron chi connectivity index (χ1n) is 8.90. The van der Waals surface area contributed by atoms with Gasteiger partial charge in [-0.25, -0.2) is 8.78 Å². The van der Waals surface area contributed by atoms with Crippen LogP contribution in [0.25, 0.3) is 0 Å². The number of nitrogens with zero attached hydrogens (tertiary/aromatic N) is 4. The van der Waals surface area contributed by atoms with Crippen LogP contribution in [0.3, 0.4) is 0 Å². The van der Waals surface area contributed by atoms with E-state index in [0.29, 0.717) is 22.9 Å². The monoisotopic (exact) mass is 405 g/mol. The summed E-state index contributed by atoms with van der Waals surface area (Å²) in [6.45, 7) is 0.251. The fraction of sp³-hybridized carbons (Fsp3) is 0.316. The number of amides is 1. The fourth-order valence-corrected chi connectivity index (χ4v) is 3.09. The lowest BCUT2D eigenvalue weighted by Gasteiger charge is -2.06. The first-order chi connectivity index (χ1) is 13.5. The maximum absolute atomic E-state index is 13.2. The van der Waals surface area contributed by atoms with Crippen molar-refractivity contribution in [2.24, 2.45) is 0 Å². The second-order valence-electron chi connectivity index (χ2n) is 6.83. The van der Waals surface area contributed by atoms with Gasteiger partial charge in [0.1, 0.15) is 12.2 Å². The third-order valence-electron chi connectivity index (χ3n) is 4.52. The summed E-state index contributed by atoms with van der Waals surface area (Å²) < 4.78 is 29.2. The maximum atomic E-state index is 13.2. The minimum atomic E-state index is -2.67. The lowest BCUT2D eigenvalue weighted by molar-refractivity contribution is -0.117. The standard InChI is InChI=1S/C19H18ClF2N5O/c20-14-5-1-12(2-6-14)9-26-10-15(8-23-26)24-18(28)11-27-17(19(21)22)7-16(25-27)13-3-4-13/h1-2,5-8,10,13,19H,3-4,9,11H2,(H,24,28). The predicted molar refractivity (Wildman–Crippen MR) is 101 cm³/mol. The van der Waals surface area contributed by atoms with E-state index in [2.05, 4.69) is 15.5 Å². The Hall–Kier alpha value is -2.74. The van der Waals surface area contributed by atoms with Crippen LogP contribution in [0.15, 0.2) is 42.7 Å². The van der Waals surface area contributed by atoms with Gasteiger partial charge in [0.2, 0.25) is 5.91 Å². The third kappa shape index (κ3) is 4.39. The Labute approximate surface area is 165 Å². The fourth-order valence-electron chi connectivity index (χ4n) is 2.96. The molecular weight excluding hydrogens is 388 g/mol. The maximum Gasteiger partial charge on any atom is 0.280 e. The molecule has 2 aromatic heterocycles. The highest BCUT2D eigenvalue weighted by Gasteiger charge is 2.29. The van der Waals surface area contributed by atoms with Gasteiger partial charge >= 0.3 is 0 Å². The molecule has 4 rings (SSSR count). The van der Waals surface area contributed by atoms with Crippen LogP contribution >= 0.6 is 11.6 Å². The Morgan fingerprint density at radius 3 is 2.71 bits per heavy atom. The van der Waals surface area contributed by atoms with Crippen LogP contribution in [0.4, 0.5) is 14.5 Å². The zero-order valence-electron chi connectivity index (χ0n) is 14.9. The SMILES string of the molecule is O=C(Cn1nc(C2CC2)cc1C(F)F)Nc1cnn(Cc2ccc(Cl)cc2)c1. The Kier molecular flexibility index (Phi) is 5.13. The van der Waals surface area contributed by atoms with Crippen LogP contribution < -0.4 is 5.32 Å². The van der Waals surface area contributed by atoms with Gasteiger partial charge in [-0.1, -0.05) is 23.7 Å². The van der Waals surface area contributed by atoms with Crippen LogP contribution in [-0.4, -0.2) is 25.5 Å². The highest BCUT2D eigenvalue weighted by molar-refractivity contribution is 6.30. The lowest BCUT2D eigenvalue weighted by atomic mass is 10.2. The molecule has 6 nitrogen and oxygen atoms in total. The van der Waals surface area contributed by atoms with Gasteiger partial charge in [-0.15, -0.1) is 0 Å². The van der Waals surface area contributed by atoms with E-state index in [4.69, 9.17) is 11.6 Å². The molecule has 0 unspecified atom stereocenters. The van der Waals surface area contributed by atoms with Gasteiger partial charge in [-0.3, -0.25) is 14.2 Å². The zero-order chi connectivity index (χ0) is 19.7. The number of rotatable bonds is 7. The van der Waals surface area contributed by atoms with Crippen molar-refractivity contribution in [1.82, 2.24) is 19.6 Å². The summed E-state index contributed by atoms with van der Waals surface area (Å²) in [6, 6.07) is 8.78. The van der Waals surface area contributed by atoms with Crippen molar-refractivity contribution in [3.8, 4) is 0 Å². The molecule has 1 saturated carbocycles. The summed E-state index contributed by atoms with van der Waals surface area (Å²) >= 11 is 5.87. The topological polar surface area (TPSA) is 64.7 Å². The van der Waals surface area contributed by atoms with Gasteiger partial charge in [0.05, 0.1) is 24.1 Å². The van der Waals surface area contributed by atoms with Crippen molar-refractivity contribution >= 4 is 23.2 Å². The molecule has 2 heterocycles. The van der Waals surface area contributed by atoms with Crippen LogP contribution in [0.5, 0.6) is 0 Å². The van der Waals surface area contributed by atoms with Crippen molar-refractivity contribution in [3.63, 3.8) is 0 Å². The van der Waals surface area contributed by atoms with Gasteiger partial charge in [0.15, 0.2) is 0 Å². The smallest absolute Gasteiger partial charge is 0.280 e. The Bertz CT molecular complexity index is 979. The van der Waals surface area contributed by atoms with E-state index in [9.17, 15) is 13.6 Å². The van der Waals surface area contributed by atoms with E-state index in [1.165, 1.54) is 12.3 Å². The predicted octanol–water partition coefficient (Wildman–Crippen LogP) is 4.24. The molecule has 146 valence electrons. The van der Waals surface area contributed by atoms with Crippen LogP contribution in [0.1, 0.15) is 42.1 Å². The summed E-state index contributed by atoms with van der Waals surface area (Å²) in [5.74, 6) is -0.189. The van der Waals surface area contributed by atoms with Gasteiger partial charge in [-0.05, 0) is 36.6 Å². The molecule has 0 bridgehead atoms. The molecule has 0 aliphatic heterocycles. The summed E-state index contributed by atoms with van der Waals surface area (Å²) in [6.07, 6.45) is 2.44. The number of carbonyl (C=O) groups is 1. The molecule has 9 heteroatoms. The van der Waals surface area contributed by atoms with Crippen molar-refractivity contribution in [2.75, 3.05) is 5.32 Å². The highest BCUT2D eigenvalue weighted by atomic mass is 35.5. The molecular formula is C19H18ClF2N5O. The van der Waals surface area contributed by atoms with E-state index >= 15 is 0 Å². The van der Waals surface area contributed by atoms with Crippen LogP contribution in [0.2, 0.25) is 5.02 Å². The Morgan fingerprint density at radius 1 is 1.29 bits per heavy atom. The lowest BCUT2D eigenvalue weighted by Crippen LogP contribution is -2.21. The van der Waals surface area contributed by atoms with Crippen LogP contribution in [0, 0.1) is 0 Å².